The number of hydrogen-bond acceptors (Lipinski definition) is 6. The third-order valence-electron chi connectivity index (χ3n) is 6.53. The summed E-state index contributed by atoms with van der Waals surface area (Å²) in [6.07, 6.45) is 2.25. The summed E-state index contributed by atoms with van der Waals surface area (Å²) in [4.78, 5) is 29.2. The molecule has 0 aromatic heterocycles. The summed E-state index contributed by atoms with van der Waals surface area (Å²) < 4.78 is 11.0. The molecule has 2 aliphatic rings. The molecule has 0 aliphatic carbocycles. The SMILES string of the molecule is Cc1ccc(NC(=O)OC(C)(C)C)c(NC2CCN(C3(C)CCN(C(=O)OC(C)(C)C)C3)CC2)c1. The van der Waals surface area contributed by atoms with Gasteiger partial charge in [0.15, 0.2) is 0 Å². The Morgan fingerprint density at radius 2 is 1.60 bits per heavy atom. The van der Waals surface area contributed by atoms with Crippen molar-refractivity contribution in [2.24, 2.45) is 0 Å². The number of benzene rings is 1. The molecule has 0 radical (unpaired) electrons. The minimum Gasteiger partial charge on any atom is -0.444 e. The van der Waals surface area contributed by atoms with E-state index in [-0.39, 0.29) is 11.6 Å². The van der Waals surface area contributed by atoms with Crippen LogP contribution >= 0.6 is 0 Å². The summed E-state index contributed by atoms with van der Waals surface area (Å²) in [7, 11) is 0. The molecule has 1 atom stereocenters. The Morgan fingerprint density at radius 3 is 2.20 bits per heavy atom. The zero-order chi connectivity index (χ0) is 26.0. The number of nitrogens with zero attached hydrogens (tertiary/aromatic N) is 2. The number of aryl methyl sites for hydroxylation is 1. The molecule has 2 fully saturated rings. The second-order valence-electron chi connectivity index (χ2n) is 12.2. The topological polar surface area (TPSA) is 83.1 Å². The van der Waals surface area contributed by atoms with Crippen molar-refractivity contribution >= 4 is 23.6 Å². The molecule has 2 heterocycles. The van der Waals surface area contributed by atoms with Crippen LogP contribution in [0.15, 0.2) is 18.2 Å². The largest absolute Gasteiger partial charge is 0.444 e. The highest BCUT2D eigenvalue weighted by Crippen LogP contribution is 2.33. The van der Waals surface area contributed by atoms with Crippen molar-refractivity contribution in [2.45, 2.75) is 97.4 Å². The molecule has 8 nitrogen and oxygen atoms in total. The molecule has 1 aromatic carbocycles. The number of anilines is 2. The maximum absolute atomic E-state index is 12.5. The first-order valence-corrected chi connectivity index (χ1v) is 12.7. The van der Waals surface area contributed by atoms with Crippen LogP contribution in [0.5, 0.6) is 0 Å². The van der Waals surface area contributed by atoms with Crippen LogP contribution in [-0.4, -0.2) is 70.9 Å². The molecule has 0 bridgehead atoms. The fourth-order valence-corrected chi connectivity index (χ4v) is 4.77. The zero-order valence-corrected chi connectivity index (χ0v) is 22.8. The lowest BCUT2D eigenvalue weighted by Gasteiger charge is -2.43. The van der Waals surface area contributed by atoms with Gasteiger partial charge < -0.3 is 19.7 Å². The summed E-state index contributed by atoms with van der Waals surface area (Å²) in [5.41, 5.74) is 1.70. The second-order valence-corrected chi connectivity index (χ2v) is 12.2. The number of hydrogen-bond donors (Lipinski definition) is 2. The van der Waals surface area contributed by atoms with Gasteiger partial charge in [0.05, 0.1) is 11.4 Å². The molecule has 35 heavy (non-hydrogen) atoms. The van der Waals surface area contributed by atoms with Gasteiger partial charge in [-0.05, 0) is 92.3 Å². The molecule has 8 heteroatoms. The second kappa shape index (κ2) is 10.2. The Labute approximate surface area is 210 Å². The number of nitrogens with one attached hydrogen (secondary N) is 2. The lowest BCUT2D eigenvalue weighted by atomic mass is 9.93. The number of likely N-dealkylation sites (tertiary alicyclic amines) is 2. The average Bonchev–Trinajstić information content (AvgIpc) is 3.11. The lowest BCUT2D eigenvalue weighted by molar-refractivity contribution is 0.0232. The third kappa shape index (κ3) is 7.75. The maximum Gasteiger partial charge on any atom is 0.412 e. The van der Waals surface area contributed by atoms with Crippen LogP contribution in [-0.2, 0) is 9.47 Å². The van der Waals surface area contributed by atoms with Crippen molar-refractivity contribution in [2.75, 3.05) is 36.8 Å². The van der Waals surface area contributed by atoms with Crippen LogP contribution in [0.4, 0.5) is 21.0 Å². The zero-order valence-electron chi connectivity index (χ0n) is 22.8. The van der Waals surface area contributed by atoms with Crippen LogP contribution < -0.4 is 10.6 Å². The van der Waals surface area contributed by atoms with E-state index in [1.807, 2.05) is 65.5 Å². The van der Waals surface area contributed by atoms with Gasteiger partial charge in [-0.15, -0.1) is 0 Å². The average molecular weight is 489 g/mol. The number of piperidine rings is 1. The number of rotatable bonds is 4. The summed E-state index contributed by atoms with van der Waals surface area (Å²) in [5, 5.41) is 6.54. The van der Waals surface area contributed by atoms with Gasteiger partial charge in [0, 0.05) is 37.8 Å². The Kier molecular flexibility index (Phi) is 7.94. The molecule has 3 rings (SSSR count). The number of carbonyl (C=O) groups excluding carboxylic acids is 2. The van der Waals surface area contributed by atoms with Crippen molar-refractivity contribution in [1.82, 2.24) is 9.80 Å². The lowest BCUT2D eigenvalue weighted by Crippen LogP contribution is -2.53. The number of ether oxygens (including phenoxy) is 2. The fourth-order valence-electron chi connectivity index (χ4n) is 4.77. The summed E-state index contributed by atoms with van der Waals surface area (Å²) in [6, 6.07) is 6.27. The van der Waals surface area contributed by atoms with Gasteiger partial charge in [-0.3, -0.25) is 10.2 Å². The van der Waals surface area contributed by atoms with Gasteiger partial charge in [0.2, 0.25) is 0 Å². The van der Waals surface area contributed by atoms with E-state index in [1.165, 1.54) is 0 Å². The van der Waals surface area contributed by atoms with E-state index in [0.717, 1.165) is 55.8 Å². The monoisotopic (exact) mass is 488 g/mol. The predicted octanol–water partition coefficient (Wildman–Crippen LogP) is 5.62. The smallest absolute Gasteiger partial charge is 0.412 e. The van der Waals surface area contributed by atoms with Crippen LogP contribution in [0.2, 0.25) is 0 Å². The molecule has 0 saturated carbocycles. The van der Waals surface area contributed by atoms with Crippen molar-refractivity contribution < 1.29 is 19.1 Å². The first-order chi connectivity index (χ1) is 16.1. The van der Waals surface area contributed by atoms with Gasteiger partial charge in [-0.2, -0.15) is 0 Å². The Morgan fingerprint density at radius 1 is 0.971 bits per heavy atom. The molecule has 2 amide bonds. The molecular weight excluding hydrogens is 444 g/mol. The van der Waals surface area contributed by atoms with Crippen molar-refractivity contribution in [3.8, 4) is 0 Å². The highest BCUT2D eigenvalue weighted by Gasteiger charge is 2.42. The van der Waals surface area contributed by atoms with E-state index in [1.54, 1.807) is 0 Å². The first kappa shape index (κ1) is 27.1. The molecule has 2 aliphatic heterocycles. The summed E-state index contributed by atoms with van der Waals surface area (Å²) in [6.45, 7) is 18.9. The van der Waals surface area contributed by atoms with Gasteiger partial charge in [-0.25, -0.2) is 9.59 Å². The van der Waals surface area contributed by atoms with Gasteiger partial charge >= 0.3 is 12.2 Å². The normalized spacial score (nSPS) is 22.1. The standard InChI is InChI=1S/C27H44N4O4/c1-19-9-10-21(29-23(32)34-25(2,3)4)22(17-19)28-20-11-14-31(15-12-20)27(8)13-16-30(18-27)24(33)35-26(5,6)7/h9-10,17,20,28H,11-16,18H2,1-8H3,(H,29,32). The van der Waals surface area contributed by atoms with Gasteiger partial charge in [0.1, 0.15) is 11.2 Å². The highest BCUT2D eigenvalue weighted by molar-refractivity contribution is 5.90. The molecule has 1 unspecified atom stereocenters. The first-order valence-electron chi connectivity index (χ1n) is 12.7. The van der Waals surface area contributed by atoms with Crippen molar-refractivity contribution in [3.05, 3.63) is 23.8 Å². The molecule has 196 valence electrons. The van der Waals surface area contributed by atoms with E-state index >= 15 is 0 Å². The fraction of sp³-hybridized carbons (Fsp3) is 0.704. The summed E-state index contributed by atoms with van der Waals surface area (Å²) >= 11 is 0. The quantitative estimate of drug-likeness (QED) is 0.573. The van der Waals surface area contributed by atoms with E-state index < -0.39 is 17.3 Å². The number of carbonyl (C=O) groups is 2. The Hall–Kier alpha value is -2.48. The van der Waals surface area contributed by atoms with E-state index in [9.17, 15) is 9.59 Å². The van der Waals surface area contributed by atoms with Gasteiger partial charge in [0.25, 0.3) is 0 Å². The van der Waals surface area contributed by atoms with E-state index in [4.69, 9.17) is 9.47 Å². The molecule has 1 aromatic rings. The molecule has 2 saturated heterocycles. The molecule has 0 spiro atoms. The van der Waals surface area contributed by atoms with Crippen LogP contribution in [0.25, 0.3) is 0 Å². The Bertz CT molecular complexity index is 913. The molecular formula is C27H44N4O4. The van der Waals surface area contributed by atoms with E-state index in [0.29, 0.717) is 12.6 Å². The predicted molar refractivity (Wildman–Crippen MR) is 140 cm³/mol. The van der Waals surface area contributed by atoms with Crippen LogP contribution in [0, 0.1) is 6.92 Å². The minimum absolute atomic E-state index is 0.0331. The van der Waals surface area contributed by atoms with Crippen LogP contribution in [0.3, 0.4) is 0 Å². The maximum atomic E-state index is 12.5. The third-order valence-corrected chi connectivity index (χ3v) is 6.53. The van der Waals surface area contributed by atoms with Crippen LogP contribution in [0.1, 0.15) is 73.3 Å². The minimum atomic E-state index is -0.551. The van der Waals surface area contributed by atoms with Crippen molar-refractivity contribution in [3.63, 3.8) is 0 Å². The summed E-state index contributed by atoms with van der Waals surface area (Å²) in [5.74, 6) is 0. The Balaban J connectivity index is 1.57. The van der Waals surface area contributed by atoms with E-state index in [2.05, 4.69) is 28.5 Å². The molecule has 2 N–H and O–H groups in total. The number of amides is 2. The van der Waals surface area contributed by atoms with Crippen molar-refractivity contribution in [1.29, 1.82) is 0 Å². The van der Waals surface area contributed by atoms with Gasteiger partial charge in [-0.1, -0.05) is 6.07 Å². The highest BCUT2D eigenvalue weighted by atomic mass is 16.6.